The van der Waals surface area contributed by atoms with Crippen LogP contribution in [0, 0.1) is 11.8 Å². The quantitative estimate of drug-likeness (QED) is 0.566. The van der Waals surface area contributed by atoms with Crippen LogP contribution in [-0.4, -0.2) is 0 Å². The molecule has 0 fully saturated rings. The van der Waals surface area contributed by atoms with Gasteiger partial charge in [-0.2, -0.15) is 0 Å². The van der Waals surface area contributed by atoms with E-state index < -0.39 is 0 Å². The van der Waals surface area contributed by atoms with Crippen molar-refractivity contribution in [2.24, 2.45) is 11.8 Å². The van der Waals surface area contributed by atoms with Gasteiger partial charge >= 0.3 is 0 Å². The molecule has 0 aromatic rings. The van der Waals surface area contributed by atoms with E-state index in [0.717, 1.165) is 11.8 Å². The van der Waals surface area contributed by atoms with Gasteiger partial charge in [0.2, 0.25) is 0 Å². The SMILES string of the molecule is CCCC(C)C1=CC=C(C(C)CCC)C1. The third-order valence-electron chi connectivity index (χ3n) is 3.63. The summed E-state index contributed by atoms with van der Waals surface area (Å²) in [5, 5.41) is 0. The summed E-state index contributed by atoms with van der Waals surface area (Å²) in [5.41, 5.74) is 3.32. The predicted molar refractivity (Wildman–Crippen MR) is 68.9 cm³/mol. The van der Waals surface area contributed by atoms with Gasteiger partial charge in [-0.1, -0.05) is 63.8 Å². The highest BCUT2D eigenvalue weighted by Gasteiger charge is 2.17. The molecule has 0 aromatic heterocycles. The molecule has 2 atom stereocenters. The average Bonchev–Trinajstić information content (AvgIpc) is 2.67. The Balaban J connectivity index is 2.41. The Labute approximate surface area is 95.5 Å². The molecule has 0 amide bonds. The van der Waals surface area contributed by atoms with Gasteiger partial charge in [0.25, 0.3) is 0 Å². The molecule has 0 nitrogen and oxygen atoms in total. The Morgan fingerprint density at radius 1 is 0.933 bits per heavy atom. The standard InChI is InChI=1S/C15H26/c1-5-7-12(3)14-9-10-15(11-14)13(4)8-6-2/h9-10,12-13H,5-8,11H2,1-4H3. The maximum atomic E-state index is 2.38. The van der Waals surface area contributed by atoms with E-state index in [-0.39, 0.29) is 0 Å². The molecule has 0 saturated heterocycles. The van der Waals surface area contributed by atoms with Crippen LogP contribution in [0.5, 0.6) is 0 Å². The third kappa shape index (κ3) is 3.52. The third-order valence-corrected chi connectivity index (χ3v) is 3.63. The molecule has 0 aromatic carbocycles. The van der Waals surface area contributed by atoms with Gasteiger partial charge in [0.15, 0.2) is 0 Å². The first-order chi connectivity index (χ1) is 7.19. The van der Waals surface area contributed by atoms with Crippen molar-refractivity contribution in [2.75, 3.05) is 0 Å². The maximum Gasteiger partial charge on any atom is -0.00969 e. The molecule has 1 aliphatic carbocycles. The molecule has 0 aliphatic heterocycles. The summed E-state index contributed by atoms with van der Waals surface area (Å²) in [6.07, 6.45) is 11.3. The molecule has 0 N–H and O–H groups in total. The molecule has 0 spiro atoms. The van der Waals surface area contributed by atoms with Crippen LogP contribution in [0.4, 0.5) is 0 Å². The molecule has 1 rings (SSSR count). The summed E-state index contributed by atoms with van der Waals surface area (Å²) in [7, 11) is 0. The maximum absolute atomic E-state index is 2.38. The van der Waals surface area contributed by atoms with Gasteiger partial charge in [0.1, 0.15) is 0 Å². The van der Waals surface area contributed by atoms with E-state index in [0.29, 0.717) is 0 Å². The summed E-state index contributed by atoms with van der Waals surface area (Å²) in [5.74, 6) is 1.58. The fraction of sp³-hybridized carbons (Fsp3) is 0.733. The van der Waals surface area contributed by atoms with Crippen LogP contribution >= 0.6 is 0 Å². The summed E-state index contributed by atoms with van der Waals surface area (Å²) in [4.78, 5) is 0. The zero-order chi connectivity index (χ0) is 11.3. The van der Waals surface area contributed by atoms with E-state index in [1.165, 1.54) is 32.1 Å². The Bertz CT molecular complexity index is 219. The Morgan fingerprint density at radius 2 is 1.33 bits per heavy atom. The van der Waals surface area contributed by atoms with Crippen LogP contribution in [0.2, 0.25) is 0 Å². The van der Waals surface area contributed by atoms with Gasteiger partial charge in [0, 0.05) is 0 Å². The second kappa shape index (κ2) is 6.15. The molecule has 0 saturated carbocycles. The zero-order valence-electron chi connectivity index (χ0n) is 10.8. The first kappa shape index (κ1) is 12.5. The number of hydrogen-bond acceptors (Lipinski definition) is 0. The van der Waals surface area contributed by atoms with E-state index in [4.69, 9.17) is 0 Å². The second-order valence-corrected chi connectivity index (χ2v) is 5.04. The zero-order valence-corrected chi connectivity index (χ0v) is 10.8. The summed E-state index contributed by atoms with van der Waals surface area (Å²) >= 11 is 0. The Kier molecular flexibility index (Phi) is 5.14. The van der Waals surface area contributed by atoms with Crippen LogP contribution in [0.3, 0.4) is 0 Å². The van der Waals surface area contributed by atoms with Crippen molar-refractivity contribution in [3.63, 3.8) is 0 Å². The lowest BCUT2D eigenvalue weighted by molar-refractivity contribution is 0.560. The molecule has 1 aliphatic rings. The molecular formula is C15H26. The van der Waals surface area contributed by atoms with Crippen LogP contribution in [0.15, 0.2) is 23.3 Å². The monoisotopic (exact) mass is 206 g/mol. The van der Waals surface area contributed by atoms with Crippen molar-refractivity contribution in [1.82, 2.24) is 0 Å². The molecule has 0 bridgehead atoms. The van der Waals surface area contributed by atoms with E-state index in [1.807, 2.05) is 0 Å². The molecule has 2 unspecified atom stereocenters. The summed E-state index contributed by atoms with van der Waals surface area (Å²) in [6, 6.07) is 0. The van der Waals surface area contributed by atoms with Gasteiger partial charge < -0.3 is 0 Å². The van der Waals surface area contributed by atoms with Gasteiger partial charge in [-0.15, -0.1) is 0 Å². The first-order valence-corrected chi connectivity index (χ1v) is 6.58. The highest BCUT2D eigenvalue weighted by molar-refractivity contribution is 5.32. The van der Waals surface area contributed by atoms with Crippen LogP contribution < -0.4 is 0 Å². The second-order valence-electron chi connectivity index (χ2n) is 5.04. The lowest BCUT2D eigenvalue weighted by atomic mass is 9.89. The molecule has 15 heavy (non-hydrogen) atoms. The molecule has 0 heterocycles. The summed E-state index contributed by atoms with van der Waals surface area (Å²) < 4.78 is 0. The van der Waals surface area contributed by atoms with Crippen molar-refractivity contribution < 1.29 is 0 Å². The normalized spacial score (nSPS) is 19.7. The number of allylic oxidation sites excluding steroid dienone is 4. The fourth-order valence-electron chi connectivity index (χ4n) is 2.48. The minimum absolute atomic E-state index is 0.789. The first-order valence-electron chi connectivity index (χ1n) is 6.58. The minimum atomic E-state index is 0.789. The van der Waals surface area contributed by atoms with Crippen LogP contribution in [-0.2, 0) is 0 Å². The molecular weight excluding hydrogens is 180 g/mol. The smallest absolute Gasteiger partial charge is 0.00969 e. The van der Waals surface area contributed by atoms with E-state index in [1.54, 1.807) is 11.1 Å². The van der Waals surface area contributed by atoms with Gasteiger partial charge in [-0.05, 0) is 31.1 Å². The Hall–Kier alpha value is -0.520. The topological polar surface area (TPSA) is 0 Å². The minimum Gasteiger partial charge on any atom is -0.0654 e. The molecule has 86 valence electrons. The molecule has 0 heteroatoms. The van der Waals surface area contributed by atoms with Crippen molar-refractivity contribution >= 4 is 0 Å². The lowest BCUT2D eigenvalue weighted by Crippen LogP contribution is -2.02. The lowest BCUT2D eigenvalue weighted by Gasteiger charge is -2.16. The largest absolute Gasteiger partial charge is 0.0654 e. The Morgan fingerprint density at radius 3 is 1.67 bits per heavy atom. The average molecular weight is 206 g/mol. The van der Waals surface area contributed by atoms with Gasteiger partial charge in [0.05, 0.1) is 0 Å². The fourth-order valence-corrected chi connectivity index (χ4v) is 2.48. The van der Waals surface area contributed by atoms with Crippen molar-refractivity contribution in [3.8, 4) is 0 Å². The van der Waals surface area contributed by atoms with E-state index >= 15 is 0 Å². The highest BCUT2D eigenvalue weighted by Crippen LogP contribution is 2.33. The predicted octanol–water partition coefficient (Wildman–Crippen LogP) is 5.12. The van der Waals surface area contributed by atoms with E-state index in [9.17, 15) is 0 Å². The van der Waals surface area contributed by atoms with Gasteiger partial charge in [-0.25, -0.2) is 0 Å². The number of hydrogen-bond donors (Lipinski definition) is 0. The van der Waals surface area contributed by atoms with Crippen molar-refractivity contribution in [3.05, 3.63) is 23.3 Å². The summed E-state index contributed by atoms with van der Waals surface area (Å²) in [6.45, 7) is 9.30. The van der Waals surface area contributed by atoms with Crippen molar-refractivity contribution in [2.45, 2.75) is 59.8 Å². The van der Waals surface area contributed by atoms with Crippen molar-refractivity contribution in [1.29, 1.82) is 0 Å². The highest BCUT2D eigenvalue weighted by atomic mass is 14.2. The number of rotatable bonds is 6. The molecule has 0 radical (unpaired) electrons. The van der Waals surface area contributed by atoms with Gasteiger partial charge in [-0.3, -0.25) is 0 Å². The van der Waals surface area contributed by atoms with Crippen LogP contribution in [0.25, 0.3) is 0 Å². The van der Waals surface area contributed by atoms with Crippen LogP contribution in [0.1, 0.15) is 59.8 Å². The van der Waals surface area contributed by atoms with E-state index in [2.05, 4.69) is 39.8 Å².